The van der Waals surface area contributed by atoms with Crippen molar-refractivity contribution < 1.29 is 19.1 Å². The van der Waals surface area contributed by atoms with Crippen molar-refractivity contribution in [3.63, 3.8) is 0 Å². The molecule has 3 rings (SSSR count). The molecule has 0 spiro atoms. The average molecular weight is 425 g/mol. The Morgan fingerprint density at radius 1 is 0.839 bits per heavy atom. The number of hydrogen-bond donors (Lipinski definition) is 0. The topological polar surface area (TPSA) is 59.1 Å². The number of carbonyl (C=O) groups is 2. The molecule has 6 nitrogen and oxygen atoms in total. The van der Waals surface area contributed by atoms with Crippen LogP contribution in [0.25, 0.3) is 0 Å². The molecular formula is C25H32N2O4. The van der Waals surface area contributed by atoms with E-state index in [9.17, 15) is 9.59 Å². The van der Waals surface area contributed by atoms with Gasteiger partial charge in [-0.25, -0.2) is 0 Å². The minimum atomic E-state index is 0.103. The Kier molecular flexibility index (Phi) is 8.33. The molecule has 0 aromatic heterocycles. The van der Waals surface area contributed by atoms with E-state index < -0.39 is 0 Å². The molecule has 1 aliphatic heterocycles. The number of ether oxygens (including phenoxy) is 2. The van der Waals surface area contributed by atoms with E-state index in [2.05, 4.69) is 0 Å². The Morgan fingerprint density at radius 2 is 1.45 bits per heavy atom. The third-order valence-corrected chi connectivity index (χ3v) is 5.54. The van der Waals surface area contributed by atoms with E-state index in [4.69, 9.17) is 9.47 Å². The van der Waals surface area contributed by atoms with E-state index in [-0.39, 0.29) is 11.8 Å². The van der Waals surface area contributed by atoms with Crippen molar-refractivity contribution >= 4 is 11.8 Å². The van der Waals surface area contributed by atoms with Crippen LogP contribution in [0.5, 0.6) is 11.5 Å². The first-order chi connectivity index (χ1) is 15.0. The summed E-state index contributed by atoms with van der Waals surface area (Å²) in [6.45, 7) is 5.12. The lowest BCUT2D eigenvalue weighted by atomic mass is 10.1. The monoisotopic (exact) mass is 424 g/mol. The number of rotatable bonds is 8. The number of aryl methyl sites for hydroxylation is 1. The van der Waals surface area contributed by atoms with Crippen molar-refractivity contribution in [1.29, 1.82) is 0 Å². The van der Waals surface area contributed by atoms with Crippen LogP contribution < -0.4 is 9.47 Å². The average Bonchev–Trinajstić information content (AvgIpc) is 3.05. The standard InChI is InChI=1S/C25H32N2O4/c1-20-6-10-23(11-7-20)31-18-3-5-24(28)26-14-4-15-27(17-16-26)25(29)19-21-8-12-22(30-2)13-9-21/h6-13H,3-5,14-19H2,1-2H3. The zero-order valence-corrected chi connectivity index (χ0v) is 18.5. The fraction of sp³-hybridized carbons (Fsp3) is 0.440. The molecule has 166 valence electrons. The molecule has 0 unspecified atom stereocenters. The summed E-state index contributed by atoms with van der Waals surface area (Å²) in [5.41, 5.74) is 2.16. The molecule has 2 aromatic carbocycles. The summed E-state index contributed by atoms with van der Waals surface area (Å²) in [4.78, 5) is 29.0. The van der Waals surface area contributed by atoms with Crippen molar-refractivity contribution in [2.45, 2.75) is 32.6 Å². The van der Waals surface area contributed by atoms with Gasteiger partial charge in [0.1, 0.15) is 11.5 Å². The fourth-order valence-electron chi connectivity index (χ4n) is 3.65. The van der Waals surface area contributed by atoms with Gasteiger partial charge < -0.3 is 19.3 Å². The molecule has 2 amide bonds. The number of carbonyl (C=O) groups excluding carboxylic acids is 2. The van der Waals surface area contributed by atoms with Gasteiger partial charge in [0.2, 0.25) is 11.8 Å². The highest BCUT2D eigenvalue weighted by atomic mass is 16.5. The summed E-state index contributed by atoms with van der Waals surface area (Å²) >= 11 is 0. The third-order valence-electron chi connectivity index (χ3n) is 5.54. The second kappa shape index (κ2) is 11.4. The highest BCUT2D eigenvalue weighted by Gasteiger charge is 2.22. The van der Waals surface area contributed by atoms with Gasteiger partial charge in [-0.05, 0) is 49.6 Å². The molecule has 1 saturated heterocycles. The Labute approximate surface area is 184 Å². The molecule has 0 saturated carbocycles. The van der Waals surface area contributed by atoms with Crippen molar-refractivity contribution in [2.75, 3.05) is 39.9 Å². The highest BCUT2D eigenvalue weighted by molar-refractivity contribution is 5.79. The number of nitrogens with zero attached hydrogens (tertiary/aromatic N) is 2. The predicted molar refractivity (Wildman–Crippen MR) is 120 cm³/mol. The number of amides is 2. The zero-order chi connectivity index (χ0) is 22.1. The Hall–Kier alpha value is -3.02. The third kappa shape index (κ3) is 7.02. The van der Waals surface area contributed by atoms with Gasteiger partial charge in [-0.15, -0.1) is 0 Å². The van der Waals surface area contributed by atoms with Crippen molar-refractivity contribution in [3.05, 3.63) is 59.7 Å². The van der Waals surface area contributed by atoms with Gasteiger partial charge in [0.05, 0.1) is 20.1 Å². The van der Waals surface area contributed by atoms with Crippen molar-refractivity contribution in [2.24, 2.45) is 0 Å². The Bertz CT molecular complexity index is 849. The van der Waals surface area contributed by atoms with Gasteiger partial charge in [0.15, 0.2) is 0 Å². The predicted octanol–water partition coefficient (Wildman–Crippen LogP) is 3.47. The lowest BCUT2D eigenvalue weighted by Gasteiger charge is -2.22. The van der Waals surface area contributed by atoms with Crippen LogP contribution in [0.2, 0.25) is 0 Å². The van der Waals surface area contributed by atoms with Crippen molar-refractivity contribution in [3.8, 4) is 11.5 Å². The lowest BCUT2D eigenvalue weighted by Crippen LogP contribution is -2.38. The maximum Gasteiger partial charge on any atom is 0.227 e. The first-order valence-corrected chi connectivity index (χ1v) is 10.9. The van der Waals surface area contributed by atoms with Gasteiger partial charge in [0, 0.05) is 32.6 Å². The molecule has 1 aliphatic rings. The van der Waals surface area contributed by atoms with E-state index in [1.807, 2.05) is 65.3 Å². The van der Waals surface area contributed by atoms with Crippen LogP contribution in [0, 0.1) is 6.92 Å². The van der Waals surface area contributed by atoms with E-state index in [1.165, 1.54) is 5.56 Å². The highest BCUT2D eigenvalue weighted by Crippen LogP contribution is 2.14. The molecule has 1 heterocycles. The number of hydrogen-bond acceptors (Lipinski definition) is 4. The minimum Gasteiger partial charge on any atom is -0.497 e. The molecule has 0 atom stereocenters. The molecule has 0 bridgehead atoms. The summed E-state index contributed by atoms with van der Waals surface area (Å²) < 4.78 is 10.9. The quantitative estimate of drug-likeness (QED) is 0.609. The van der Waals surface area contributed by atoms with Gasteiger partial charge in [-0.3, -0.25) is 9.59 Å². The maximum atomic E-state index is 12.7. The van der Waals surface area contributed by atoms with Crippen LogP contribution in [0.4, 0.5) is 0 Å². The van der Waals surface area contributed by atoms with Gasteiger partial charge >= 0.3 is 0 Å². The minimum absolute atomic E-state index is 0.103. The number of methoxy groups -OCH3 is 1. The van der Waals surface area contributed by atoms with Crippen molar-refractivity contribution in [1.82, 2.24) is 9.80 Å². The first kappa shape index (κ1) is 22.7. The fourth-order valence-corrected chi connectivity index (χ4v) is 3.65. The molecule has 2 aromatic rings. The molecule has 1 fully saturated rings. The van der Waals surface area contributed by atoms with Crippen LogP contribution in [0.15, 0.2) is 48.5 Å². The summed E-state index contributed by atoms with van der Waals surface area (Å²) in [5.74, 6) is 1.85. The van der Waals surface area contributed by atoms with E-state index in [1.54, 1.807) is 7.11 Å². The largest absolute Gasteiger partial charge is 0.497 e. The maximum absolute atomic E-state index is 12.7. The molecule has 6 heteroatoms. The summed E-state index contributed by atoms with van der Waals surface area (Å²) in [6.07, 6.45) is 2.32. The Balaban J connectivity index is 1.39. The van der Waals surface area contributed by atoms with Gasteiger partial charge in [-0.2, -0.15) is 0 Å². The SMILES string of the molecule is COc1ccc(CC(=O)N2CCCN(C(=O)CCCOc3ccc(C)cc3)CC2)cc1. The van der Waals surface area contributed by atoms with Crippen LogP contribution in [0.3, 0.4) is 0 Å². The normalized spacial score (nSPS) is 14.1. The first-order valence-electron chi connectivity index (χ1n) is 10.9. The second-order valence-corrected chi connectivity index (χ2v) is 7.91. The van der Waals surface area contributed by atoms with Crippen LogP contribution in [-0.2, 0) is 16.0 Å². The zero-order valence-electron chi connectivity index (χ0n) is 18.5. The van der Waals surface area contributed by atoms with Gasteiger partial charge in [0.25, 0.3) is 0 Å². The summed E-state index contributed by atoms with van der Waals surface area (Å²) in [6, 6.07) is 15.5. The van der Waals surface area contributed by atoms with Crippen LogP contribution in [-0.4, -0.2) is 61.5 Å². The summed E-state index contributed by atoms with van der Waals surface area (Å²) in [5, 5.41) is 0. The van der Waals surface area contributed by atoms with Gasteiger partial charge in [-0.1, -0.05) is 29.8 Å². The Morgan fingerprint density at radius 3 is 2.10 bits per heavy atom. The molecule has 0 radical (unpaired) electrons. The summed E-state index contributed by atoms with van der Waals surface area (Å²) in [7, 11) is 1.63. The molecular weight excluding hydrogens is 392 g/mol. The van der Waals surface area contributed by atoms with E-state index in [0.29, 0.717) is 52.0 Å². The van der Waals surface area contributed by atoms with E-state index in [0.717, 1.165) is 23.5 Å². The number of benzene rings is 2. The lowest BCUT2D eigenvalue weighted by molar-refractivity contribution is -0.133. The van der Waals surface area contributed by atoms with E-state index >= 15 is 0 Å². The second-order valence-electron chi connectivity index (χ2n) is 7.91. The molecule has 0 N–H and O–H groups in total. The van der Waals surface area contributed by atoms with Crippen LogP contribution >= 0.6 is 0 Å². The molecule has 31 heavy (non-hydrogen) atoms. The smallest absolute Gasteiger partial charge is 0.227 e. The molecule has 0 aliphatic carbocycles. The van der Waals surface area contributed by atoms with Crippen LogP contribution in [0.1, 0.15) is 30.4 Å².